The van der Waals surface area contributed by atoms with E-state index in [1.165, 1.54) is 0 Å². The van der Waals surface area contributed by atoms with E-state index in [2.05, 4.69) is 6.92 Å². The second-order valence-electron chi connectivity index (χ2n) is 4.79. The average molecular weight is 399 g/mol. The van der Waals surface area contributed by atoms with Gasteiger partial charge in [-0.3, -0.25) is 0 Å². The molecule has 0 aromatic rings. The van der Waals surface area contributed by atoms with E-state index in [9.17, 15) is 0 Å². The second-order valence-corrected chi connectivity index (χ2v) is 7.36. The van der Waals surface area contributed by atoms with Gasteiger partial charge in [-0.1, -0.05) is 0 Å². The van der Waals surface area contributed by atoms with Crippen LogP contribution in [0.25, 0.3) is 0 Å². The van der Waals surface area contributed by atoms with Crippen LogP contribution in [0.2, 0.25) is 6.04 Å². The molecule has 0 aromatic carbocycles. The topological polar surface area (TPSA) is 27.7 Å². The van der Waals surface area contributed by atoms with Gasteiger partial charge >= 0.3 is 31.9 Å². The van der Waals surface area contributed by atoms with Crippen molar-refractivity contribution in [3.63, 3.8) is 0 Å². The summed E-state index contributed by atoms with van der Waals surface area (Å²) < 4.78 is 17.9. The molecule has 18 heavy (non-hydrogen) atoms. The zero-order valence-electron chi connectivity index (χ0n) is 12.7. The van der Waals surface area contributed by atoms with Gasteiger partial charge in [0.25, 0.3) is 0 Å². The van der Waals surface area contributed by atoms with E-state index < -0.39 is 8.80 Å². The summed E-state index contributed by atoms with van der Waals surface area (Å²) in [5.74, 6) is 0. The smallest absolute Gasteiger partial charge is 1.00 e. The minimum Gasteiger partial charge on any atom is -1.00 e. The predicted octanol–water partition coefficient (Wildman–Crippen LogP) is 0.0477. The van der Waals surface area contributed by atoms with Gasteiger partial charge in [-0.05, 0) is 47.6 Å². The van der Waals surface area contributed by atoms with E-state index in [0.717, 1.165) is 12.5 Å². The molecule has 0 aliphatic heterocycles. The molecule has 0 fully saturated rings. The van der Waals surface area contributed by atoms with E-state index in [0.29, 0.717) is 0 Å². The molecular weight excluding hydrogens is 371 g/mol. The van der Waals surface area contributed by atoms with Crippen molar-refractivity contribution in [3.8, 4) is 0 Å². The fourth-order valence-electron chi connectivity index (χ4n) is 1.55. The van der Waals surface area contributed by atoms with E-state index in [1.807, 2.05) is 41.5 Å². The fourth-order valence-corrected chi connectivity index (χ4v) is 4.66. The molecule has 0 unspecified atom stereocenters. The molecule has 0 radical (unpaired) electrons. The van der Waals surface area contributed by atoms with Gasteiger partial charge in [-0.15, -0.1) is 0 Å². The van der Waals surface area contributed by atoms with Crippen LogP contribution in [0.5, 0.6) is 0 Å². The Morgan fingerprint density at radius 3 is 1.28 bits per heavy atom. The van der Waals surface area contributed by atoms with Crippen molar-refractivity contribution in [2.75, 3.05) is 0 Å². The van der Waals surface area contributed by atoms with Crippen LogP contribution in [0.3, 0.4) is 0 Å². The molecule has 0 heterocycles. The SMILES string of the molecule is [CH2-]CC[Si](OC(C)C)(OC(C)C)OC(C)C.[I-].[Mg+2]. The summed E-state index contributed by atoms with van der Waals surface area (Å²) in [4.78, 5) is 0. The molecular formula is C12H27IMgO3Si. The van der Waals surface area contributed by atoms with Gasteiger partial charge in [-0.25, -0.2) is 0 Å². The standard InChI is InChI=1S/C12H27O3Si.HI.Mg/c1-8-9-16(13-10(2)3,14-11(4)5)15-12(6)7;;/h10-12H,1,8-9H2,2-7H3;1H;/q-1;;+2/p-1. The molecule has 0 atom stereocenters. The van der Waals surface area contributed by atoms with Gasteiger partial charge in [0.05, 0.1) is 0 Å². The summed E-state index contributed by atoms with van der Waals surface area (Å²) >= 11 is 0. The maximum Gasteiger partial charge on any atom is 2.00 e. The van der Waals surface area contributed by atoms with Crippen molar-refractivity contribution in [1.82, 2.24) is 0 Å². The first-order valence-corrected chi connectivity index (χ1v) is 8.07. The van der Waals surface area contributed by atoms with Crippen LogP contribution in [0, 0.1) is 6.92 Å². The molecule has 0 aliphatic rings. The molecule has 0 aliphatic carbocycles. The Labute approximate surface area is 147 Å². The Hall–Kier alpha value is 1.59. The number of hydrogen-bond donors (Lipinski definition) is 0. The summed E-state index contributed by atoms with van der Waals surface area (Å²) in [6.07, 6.45) is 1.14. The quantitative estimate of drug-likeness (QED) is 0.328. The normalized spacial score (nSPS) is 11.7. The molecule has 0 bridgehead atoms. The van der Waals surface area contributed by atoms with Crippen LogP contribution >= 0.6 is 0 Å². The van der Waals surface area contributed by atoms with Gasteiger partial charge in [0.2, 0.25) is 0 Å². The largest absolute Gasteiger partial charge is 2.00 e. The van der Waals surface area contributed by atoms with Gasteiger partial charge in [0.1, 0.15) is 0 Å². The van der Waals surface area contributed by atoms with E-state index in [4.69, 9.17) is 13.3 Å². The Balaban J connectivity index is -0.00000112. The van der Waals surface area contributed by atoms with Crippen LogP contribution in [-0.2, 0) is 13.3 Å². The molecule has 3 nitrogen and oxygen atoms in total. The summed E-state index contributed by atoms with van der Waals surface area (Å²) in [5.41, 5.74) is 0. The summed E-state index contributed by atoms with van der Waals surface area (Å²) in [6.45, 7) is 16.0. The van der Waals surface area contributed by atoms with E-state index >= 15 is 0 Å². The zero-order chi connectivity index (χ0) is 12.8. The Bertz CT molecular complexity index is 166. The monoisotopic (exact) mass is 398 g/mol. The van der Waals surface area contributed by atoms with Crippen LogP contribution in [0.15, 0.2) is 0 Å². The van der Waals surface area contributed by atoms with Crippen molar-refractivity contribution < 1.29 is 37.3 Å². The first-order valence-electron chi connectivity index (χ1n) is 6.14. The molecule has 0 amide bonds. The fraction of sp³-hybridized carbons (Fsp3) is 0.917. The molecule has 106 valence electrons. The van der Waals surface area contributed by atoms with Gasteiger partial charge in [0, 0.05) is 18.3 Å². The van der Waals surface area contributed by atoms with Crippen LogP contribution < -0.4 is 24.0 Å². The van der Waals surface area contributed by atoms with Crippen molar-refractivity contribution >= 4 is 31.9 Å². The van der Waals surface area contributed by atoms with Gasteiger partial charge in [0.15, 0.2) is 0 Å². The summed E-state index contributed by atoms with van der Waals surface area (Å²) in [7, 11) is -2.55. The van der Waals surface area contributed by atoms with E-state index in [1.54, 1.807) is 0 Å². The molecule has 0 N–H and O–H groups in total. The molecule has 0 saturated carbocycles. The average Bonchev–Trinajstić information content (AvgIpc) is 1.98. The second kappa shape index (κ2) is 12.3. The number of hydrogen-bond acceptors (Lipinski definition) is 3. The maximum absolute atomic E-state index is 5.95. The Kier molecular flexibility index (Phi) is 16.9. The Morgan fingerprint density at radius 1 is 0.833 bits per heavy atom. The maximum atomic E-state index is 5.95. The van der Waals surface area contributed by atoms with Crippen molar-refractivity contribution in [1.29, 1.82) is 0 Å². The first kappa shape index (κ1) is 24.6. The van der Waals surface area contributed by atoms with Gasteiger partial charge in [-0.2, -0.15) is 6.42 Å². The predicted molar refractivity (Wildman–Crippen MR) is 75.0 cm³/mol. The van der Waals surface area contributed by atoms with Crippen molar-refractivity contribution in [3.05, 3.63) is 6.92 Å². The van der Waals surface area contributed by atoms with Crippen LogP contribution in [-0.4, -0.2) is 50.2 Å². The number of halogens is 1. The third kappa shape index (κ3) is 11.4. The van der Waals surface area contributed by atoms with Crippen LogP contribution in [0.1, 0.15) is 48.0 Å². The van der Waals surface area contributed by atoms with Crippen LogP contribution in [0.4, 0.5) is 0 Å². The third-order valence-electron chi connectivity index (χ3n) is 1.73. The molecule has 0 saturated heterocycles. The molecule has 0 rings (SSSR count). The van der Waals surface area contributed by atoms with Crippen molar-refractivity contribution in [2.24, 2.45) is 0 Å². The molecule has 0 aromatic heterocycles. The summed E-state index contributed by atoms with van der Waals surface area (Å²) in [6, 6.07) is 0.779. The number of rotatable bonds is 8. The van der Waals surface area contributed by atoms with Gasteiger partial charge < -0.3 is 44.2 Å². The van der Waals surface area contributed by atoms with E-state index in [-0.39, 0.29) is 65.3 Å². The Morgan fingerprint density at radius 2 is 1.11 bits per heavy atom. The molecule has 0 spiro atoms. The minimum atomic E-state index is -2.55. The zero-order valence-corrected chi connectivity index (χ0v) is 17.2. The van der Waals surface area contributed by atoms with Crippen molar-refractivity contribution in [2.45, 2.75) is 72.3 Å². The molecule has 6 heteroatoms. The third-order valence-corrected chi connectivity index (χ3v) is 5.19. The summed E-state index contributed by atoms with van der Waals surface area (Å²) in [5, 5.41) is 0. The first-order chi connectivity index (χ1) is 7.31. The minimum absolute atomic E-state index is 0.